The predicted octanol–water partition coefficient (Wildman–Crippen LogP) is 4.05. The van der Waals surface area contributed by atoms with Crippen LogP contribution in [0.3, 0.4) is 0 Å². The second kappa shape index (κ2) is 8.91. The summed E-state index contributed by atoms with van der Waals surface area (Å²) in [7, 11) is -3.65. The van der Waals surface area contributed by atoms with E-state index in [4.69, 9.17) is 9.47 Å². The molecule has 1 aliphatic heterocycles. The largest absolute Gasteiger partial charge is 0.494 e. The molecule has 7 heteroatoms. The molecular weight excluding hydrogens is 414 g/mol. The molecule has 0 unspecified atom stereocenters. The van der Waals surface area contributed by atoms with Crippen LogP contribution in [0.4, 0.5) is 0 Å². The van der Waals surface area contributed by atoms with E-state index in [-0.39, 0.29) is 10.5 Å². The molecular formula is C24H23NO5S. The number of benzene rings is 3. The summed E-state index contributed by atoms with van der Waals surface area (Å²) in [5.74, 6) is 0.523. The summed E-state index contributed by atoms with van der Waals surface area (Å²) in [6.45, 7) is 3.22. The first-order valence-corrected chi connectivity index (χ1v) is 11.5. The van der Waals surface area contributed by atoms with Crippen LogP contribution >= 0.6 is 0 Å². The predicted molar refractivity (Wildman–Crippen MR) is 117 cm³/mol. The van der Waals surface area contributed by atoms with Crippen LogP contribution in [0.1, 0.15) is 28.4 Å². The number of nitrogens with zero attached hydrogens (tertiary/aromatic N) is 1. The van der Waals surface area contributed by atoms with Crippen LogP contribution in [0.2, 0.25) is 0 Å². The van der Waals surface area contributed by atoms with Gasteiger partial charge in [-0.2, -0.15) is 4.31 Å². The molecule has 0 radical (unpaired) electrons. The van der Waals surface area contributed by atoms with Crippen LogP contribution in [-0.2, 0) is 23.0 Å². The normalized spacial score (nSPS) is 14.0. The van der Waals surface area contributed by atoms with Gasteiger partial charge in [-0.15, -0.1) is 0 Å². The number of ether oxygens (including phenoxy) is 2. The van der Waals surface area contributed by atoms with Gasteiger partial charge in [0.05, 0.1) is 17.1 Å². The number of rotatable bonds is 6. The van der Waals surface area contributed by atoms with E-state index in [2.05, 4.69) is 0 Å². The third-order valence-corrected chi connectivity index (χ3v) is 7.03. The zero-order valence-corrected chi connectivity index (χ0v) is 18.0. The van der Waals surface area contributed by atoms with E-state index in [0.717, 1.165) is 5.56 Å². The molecule has 4 rings (SSSR count). The van der Waals surface area contributed by atoms with Crippen molar-refractivity contribution < 1.29 is 22.7 Å². The van der Waals surface area contributed by atoms with Gasteiger partial charge in [0.25, 0.3) is 0 Å². The lowest BCUT2D eigenvalue weighted by Gasteiger charge is -2.28. The van der Waals surface area contributed by atoms with Crippen molar-refractivity contribution in [2.24, 2.45) is 0 Å². The summed E-state index contributed by atoms with van der Waals surface area (Å²) in [6, 6.07) is 20.5. The first-order chi connectivity index (χ1) is 15.0. The highest BCUT2D eigenvalue weighted by Crippen LogP contribution is 2.25. The maximum atomic E-state index is 13.1. The number of carbonyl (C=O) groups excluding carboxylic acids is 1. The van der Waals surface area contributed by atoms with Crippen LogP contribution < -0.4 is 9.47 Å². The van der Waals surface area contributed by atoms with Gasteiger partial charge < -0.3 is 9.47 Å². The monoisotopic (exact) mass is 437 g/mol. The second-order valence-electron chi connectivity index (χ2n) is 7.18. The molecule has 0 spiro atoms. The van der Waals surface area contributed by atoms with Crippen molar-refractivity contribution in [3.8, 4) is 11.5 Å². The fourth-order valence-electron chi connectivity index (χ4n) is 3.52. The standard InChI is InChI=1S/C24H23NO5S/c1-2-29-21-9-11-22(12-10-21)30-24(26)19-7-13-23(14-8-19)31(27,28)25-16-15-18-5-3-4-6-20(18)17-25/h3-14H,2,15-17H2,1H3. The minimum absolute atomic E-state index is 0.157. The number of carbonyl (C=O) groups is 1. The molecule has 3 aromatic rings. The molecule has 0 amide bonds. The van der Waals surface area contributed by atoms with Gasteiger partial charge in [0.2, 0.25) is 10.0 Å². The Hall–Kier alpha value is -3.16. The summed E-state index contributed by atoms with van der Waals surface area (Å²) < 4.78 is 38.3. The number of esters is 1. The highest BCUT2D eigenvalue weighted by atomic mass is 32.2. The van der Waals surface area contributed by atoms with Crippen molar-refractivity contribution in [3.63, 3.8) is 0 Å². The third-order valence-electron chi connectivity index (χ3n) is 5.17. The molecule has 0 saturated carbocycles. The number of hydrogen-bond acceptors (Lipinski definition) is 5. The lowest BCUT2D eigenvalue weighted by atomic mass is 10.0. The van der Waals surface area contributed by atoms with Crippen LogP contribution in [0.5, 0.6) is 11.5 Å². The second-order valence-corrected chi connectivity index (χ2v) is 9.11. The average molecular weight is 438 g/mol. The molecule has 0 aliphatic carbocycles. The Balaban J connectivity index is 1.45. The van der Waals surface area contributed by atoms with Crippen molar-refractivity contribution in [3.05, 3.63) is 89.5 Å². The summed E-state index contributed by atoms with van der Waals surface area (Å²) in [6.07, 6.45) is 0.682. The molecule has 0 N–H and O–H groups in total. The van der Waals surface area contributed by atoms with Crippen molar-refractivity contribution in [1.29, 1.82) is 0 Å². The zero-order chi connectivity index (χ0) is 21.8. The Kier molecular flexibility index (Phi) is 6.06. The molecule has 0 aromatic heterocycles. The van der Waals surface area contributed by atoms with Gasteiger partial charge in [-0.1, -0.05) is 24.3 Å². The number of fused-ring (bicyclic) bond motifs is 1. The Morgan fingerprint density at radius 3 is 2.23 bits per heavy atom. The number of hydrogen-bond donors (Lipinski definition) is 0. The number of sulfonamides is 1. The summed E-state index contributed by atoms with van der Waals surface area (Å²) in [4.78, 5) is 12.6. The molecule has 1 aliphatic rings. The summed E-state index contributed by atoms with van der Waals surface area (Å²) in [5.41, 5.74) is 2.48. The molecule has 31 heavy (non-hydrogen) atoms. The van der Waals surface area contributed by atoms with Crippen molar-refractivity contribution in [2.45, 2.75) is 24.8 Å². The van der Waals surface area contributed by atoms with E-state index >= 15 is 0 Å². The Morgan fingerprint density at radius 1 is 0.903 bits per heavy atom. The van der Waals surface area contributed by atoms with Crippen LogP contribution in [0.15, 0.2) is 77.7 Å². The topological polar surface area (TPSA) is 72.9 Å². The van der Waals surface area contributed by atoms with Crippen molar-refractivity contribution >= 4 is 16.0 Å². The smallest absolute Gasteiger partial charge is 0.343 e. The molecule has 0 fully saturated rings. The molecule has 0 bridgehead atoms. The van der Waals surface area contributed by atoms with Gasteiger partial charge in [0.1, 0.15) is 11.5 Å². The van der Waals surface area contributed by atoms with Gasteiger partial charge in [0, 0.05) is 13.1 Å². The fourth-order valence-corrected chi connectivity index (χ4v) is 4.94. The molecule has 0 atom stereocenters. The third kappa shape index (κ3) is 4.62. The van der Waals surface area contributed by atoms with Crippen molar-refractivity contribution in [1.82, 2.24) is 4.31 Å². The summed E-state index contributed by atoms with van der Waals surface area (Å²) >= 11 is 0. The summed E-state index contributed by atoms with van der Waals surface area (Å²) in [5, 5.41) is 0. The Morgan fingerprint density at radius 2 is 1.55 bits per heavy atom. The maximum absolute atomic E-state index is 13.1. The van der Waals surface area contributed by atoms with Crippen LogP contribution in [-0.4, -0.2) is 31.8 Å². The Bertz CT molecular complexity index is 1170. The minimum Gasteiger partial charge on any atom is -0.494 e. The molecule has 6 nitrogen and oxygen atoms in total. The van der Waals surface area contributed by atoms with E-state index < -0.39 is 16.0 Å². The van der Waals surface area contributed by atoms with Gasteiger partial charge in [-0.05, 0) is 73.0 Å². The Labute approximate surface area is 182 Å². The van der Waals surface area contributed by atoms with Gasteiger partial charge in [0.15, 0.2) is 0 Å². The van der Waals surface area contributed by atoms with Gasteiger partial charge in [-0.25, -0.2) is 13.2 Å². The van der Waals surface area contributed by atoms with E-state index in [1.807, 2.05) is 31.2 Å². The SMILES string of the molecule is CCOc1ccc(OC(=O)c2ccc(S(=O)(=O)N3CCc4ccccc4C3)cc2)cc1. The first-order valence-electron chi connectivity index (χ1n) is 10.1. The molecule has 160 valence electrons. The van der Waals surface area contributed by atoms with E-state index in [0.29, 0.717) is 37.6 Å². The molecule has 0 saturated heterocycles. The highest BCUT2D eigenvalue weighted by molar-refractivity contribution is 7.89. The highest BCUT2D eigenvalue weighted by Gasteiger charge is 2.28. The van der Waals surface area contributed by atoms with Crippen LogP contribution in [0, 0.1) is 0 Å². The van der Waals surface area contributed by atoms with Gasteiger partial charge >= 0.3 is 5.97 Å². The quantitative estimate of drug-likeness (QED) is 0.430. The molecule has 3 aromatic carbocycles. The fraction of sp³-hybridized carbons (Fsp3) is 0.208. The van der Waals surface area contributed by atoms with E-state index in [9.17, 15) is 13.2 Å². The maximum Gasteiger partial charge on any atom is 0.343 e. The molecule has 1 heterocycles. The van der Waals surface area contributed by atoms with Crippen LogP contribution in [0.25, 0.3) is 0 Å². The zero-order valence-electron chi connectivity index (χ0n) is 17.2. The lowest BCUT2D eigenvalue weighted by Crippen LogP contribution is -2.35. The van der Waals surface area contributed by atoms with Gasteiger partial charge in [-0.3, -0.25) is 0 Å². The first kappa shape index (κ1) is 21.1. The van der Waals surface area contributed by atoms with Crippen molar-refractivity contribution in [2.75, 3.05) is 13.2 Å². The lowest BCUT2D eigenvalue weighted by molar-refractivity contribution is 0.0734. The minimum atomic E-state index is -3.65. The van der Waals surface area contributed by atoms with E-state index in [1.165, 1.54) is 34.1 Å². The average Bonchev–Trinajstić information content (AvgIpc) is 2.80. The van der Waals surface area contributed by atoms with E-state index in [1.54, 1.807) is 24.3 Å².